The Bertz CT molecular complexity index is 704. The second-order valence-corrected chi connectivity index (χ2v) is 7.03. The SMILES string of the molecule is CC(C)(C)OC(=O)N1CCC(Oc2ccc([N+](=O)[O-])c(C(=O)O)c2)CC1. The van der Waals surface area contributed by atoms with Gasteiger partial charge in [-0.25, -0.2) is 9.59 Å². The number of likely N-dealkylation sites (tertiary alicyclic amines) is 1. The summed E-state index contributed by atoms with van der Waals surface area (Å²) in [5.41, 5.74) is -1.46. The molecule has 0 radical (unpaired) electrons. The van der Waals surface area contributed by atoms with Crippen molar-refractivity contribution in [1.29, 1.82) is 0 Å². The van der Waals surface area contributed by atoms with Crippen LogP contribution in [0.3, 0.4) is 0 Å². The fourth-order valence-corrected chi connectivity index (χ4v) is 2.59. The van der Waals surface area contributed by atoms with E-state index >= 15 is 0 Å². The zero-order chi connectivity index (χ0) is 19.5. The first-order valence-electron chi connectivity index (χ1n) is 8.23. The number of carboxylic acids is 1. The van der Waals surface area contributed by atoms with Gasteiger partial charge in [-0.3, -0.25) is 10.1 Å². The van der Waals surface area contributed by atoms with Gasteiger partial charge in [-0.2, -0.15) is 0 Å². The molecule has 1 aromatic carbocycles. The molecule has 0 saturated carbocycles. The van der Waals surface area contributed by atoms with Crippen LogP contribution in [0.4, 0.5) is 10.5 Å². The second kappa shape index (κ2) is 7.59. The Morgan fingerprint density at radius 1 is 1.27 bits per heavy atom. The van der Waals surface area contributed by atoms with Gasteiger partial charge in [0.25, 0.3) is 5.69 Å². The summed E-state index contributed by atoms with van der Waals surface area (Å²) < 4.78 is 11.1. The highest BCUT2D eigenvalue weighted by Gasteiger charge is 2.28. The number of carbonyl (C=O) groups is 2. The van der Waals surface area contributed by atoms with E-state index in [2.05, 4.69) is 0 Å². The van der Waals surface area contributed by atoms with E-state index in [9.17, 15) is 19.7 Å². The minimum Gasteiger partial charge on any atom is -0.490 e. The van der Waals surface area contributed by atoms with E-state index in [0.717, 1.165) is 12.1 Å². The molecule has 1 amide bonds. The van der Waals surface area contributed by atoms with Crippen LogP contribution in [0.15, 0.2) is 18.2 Å². The van der Waals surface area contributed by atoms with Crippen molar-refractivity contribution in [3.8, 4) is 5.75 Å². The largest absolute Gasteiger partial charge is 0.490 e. The molecule has 0 spiro atoms. The van der Waals surface area contributed by atoms with Gasteiger partial charge < -0.3 is 19.5 Å². The lowest BCUT2D eigenvalue weighted by Gasteiger charge is -2.33. The lowest BCUT2D eigenvalue weighted by atomic mass is 10.1. The molecule has 0 aliphatic carbocycles. The summed E-state index contributed by atoms with van der Waals surface area (Å²) in [7, 11) is 0. The molecule has 0 bridgehead atoms. The summed E-state index contributed by atoms with van der Waals surface area (Å²) in [6, 6.07) is 3.65. The number of nitro groups is 1. The van der Waals surface area contributed by atoms with Gasteiger partial charge >= 0.3 is 12.1 Å². The first-order chi connectivity index (χ1) is 12.1. The molecule has 1 saturated heterocycles. The maximum atomic E-state index is 12.0. The Hall–Kier alpha value is -2.84. The van der Waals surface area contributed by atoms with Crippen LogP contribution in [-0.2, 0) is 4.74 Å². The summed E-state index contributed by atoms with van der Waals surface area (Å²) in [5.74, 6) is -1.13. The highest BCUT2D eigenvalue weighted by Crippen LogP contribution is 2.26. The number of hydrogen-bond acceptors (Lipinski definition) is 6. The predicted octanol–water partition coefficient (Wildman–Crippen LogP) is 3.07. The molecule has 0 unspecified atom stereocenters. The minimum absolute atomic E-state index is 0.211. The molecule has 9 nitrogen and oxygen atoms in total. The van der Waals surface area contributed by atoms with Crippen molar-refractivity contribution in [3.05, 3.63) is 33.9 Å². The Labute approximate surface area is 150 Å². The Morgan fingerprint density at radius 3 is 2.38 bits per heavy atom. The van der Waals surface area contributed by atoms with E-state index in [1.807, 2.05) is 0 Å². The van der Waals surface area contributed by atoms with Crippen LogP contribution in [0.1, 0.15) is 44.0 Å². The average Bonchev–Trinajstić information content (AvgIpc) is 2.53. The number of nitro benzene ring substituents is 1. The topological polar surface area (TPSA) is 119 Å². The molecule has 1 fully saturated rings. The molecule has 1 aromatic rings. The van der Waals surface area contributed by atoms with E-state index < -0.39 is 27.7 Å². The first-order valence-corrected chi connectivity index (χ1v) is 8.23. The van der Waals surface area contributed by atoms with Gasteiger partial charge in [-0.1, -0.05) is 0 Å². The number of carbonyl (C=O) groups excluding carboxylic acids is 1. The molecular weight excluding hydrogens is 344 g/mol. The summed E-state index contributed by atoms with van der Waals surface area (Å²) in [6.45, 7) is 6.32. The van der Waals surface area contributed by atoms with Crippen molar-refractivity contribution in [2.45, 2.75) is 45.3 Å². The van der Waals surface area contributed by atoms with Crippen LogP contribution in [0, 0.1) is 10.1 Å². The van der Waals surface area contributed by atoms with Crippen LogP contribution < -0.4 is 4.74 Å². The van der Waals surface area contributed by atoms with Crippen LogP contribution in [0.5, 0.6) is 5.75 Å². The fourth-order valence-electron chi connectivity index (χ4n) is 2.59. The number of piperidine rings is 1. The monoisotopic (exact) mass is 366 g/mol. The highest BCUT2D eigenvalue weighted by molar-refractivity contribution is 5.92. The lowest BCUT2D eigenvalue weighted by Crippen LogP contribution is -2.44. The third-order valence-electron chi connectivity index (χ3n) is 3.79. The van der Waals surface area contributed by atoms with E-state index in [-0.39, 0.29) is 17.9 Å². The molecule has 1 N–H and O–H groups in total. The zero-order valence-electron chi connectivity index (χ0n) is 14.9. The van der Waals surface area contributed by atoms with Gasteiger partial charge in [0.2, 0.25) is 0 Å². The highest BCUT2D eigenvalue weighted by atomic mass is 16.6. The number of ether oxygens (including phenoxy) is 2. The van der Waals surface area contributed by atoms with Crippen LogP contribution in [0.25, 0.3) is 0 Å². The van der Waals surface area contributed by atoms with Gasteiger partial charge in [-0.05, 0) is 26.8 Å². The van der Waals surface area contributed by atoms with E-state index in [1.54, 1.807) is 25.7 Å². The van der Waals surface area contributed by atoms with Gasteiger partial charge in [0.1, 0.15) is 23.0 Å². The smallest absolute Gasteiger partial charge is 0.410 e. The lowest BCUT2D eigenvalue weighted by molar-refractivity contribution is -0.385. The maximum Gasteiger partial charge on any atom is 0.410 e. The predicted molar refractivity (Wildman–Crippen MR) is 91.5 cm³/mol. The molecule has 0 aromatic heterocycles. The van der Waals surface area contributed by atoms with Gasteiger partial charge in [0, 0.05) is 38.1 Å². The molecule has 1 aliphatic heterocycles. The van der Waals surface area contributed by atoms with Gasteiger partial charge in [0.05, 0.1) is 4.92 Å². The molecule has 26 heavy (non-hydrogen) atoms. The van der Waals surface area contributed by atoms with Crippen molar-refractivity contribution in [3.63, 3.8) is 0 Å². The van der Waals surface area contributed by atoms with Crippen LogP contribution >= 0.6 is 0 Å². The summed E-state index contributed by atoms with van der Waals surface area (Å²) in [6.07, 6.45) is 0.522. The summed E-state index contributed by atoms with van der Waals surface area (Å²) in [4.78, 5) is 35.0. The third kappa shape index (κ3) is 5.08. The standard InChI is InChI=1S/C17H22N2O7/c1-17(2,3)26-16(22)18-8-6-11(7-9-18)25-12-4-5-14(19(23)24)13(10-12)15(20)21/h4-5,10-11H,6-9H2,1-3H3,(H,20,21). The summed E-state index contributed by atoms with van der Waals surface area (Å²) >= 11 is 0. The third-order valence-corrected chi connectivity index (χ3v) is 3.79. The number of benzene rings is 1. The van der Waals surface area contributed by atoms with Crippen molar-refractivity contribution < 1.29 is 29.1 Å². The van der Waals surface area contributed by atoms with Crippen molar-refractivity contribution in [2.24, 2.45) is 0 Å². The number of carboxylic acid groups (broad SMARTS) is 1. The Morgan fingerprint density at radius 2 is 1.88 bits per heavy atom. The Kier molecular flexibility index (Phi) is 5.69. The molecule has 142 valence electrons. The van der Waals surface area contributed by atoms with Crippen LogP contribution in [-0.4, -0.2) is 51.8 Å². The number of rotatable bonds is 4. The average molecular weight is 366 g/mol. The van der Waals surface area contributed by atoms with Crippen molar-refractivity contribution in [2.75, 3.05) is 13.1 Å². The molecule has 1 aliphatic rings. The van der Waals surface area contributed by atoms with Crippen molar-refractivity contribution >= 4 is 17.7 Å². The molecule has 9 heteroatoms. The number of hydrogen-bond donors (Lipinski definition) is 1. The zero-order valence-corrected chi connectivity index (χ0v) is 14.9. The first kappa shape index (κ1) is 19.5. The van der Waals surface area contributed by atoms with E-state index in [0.29, 0.717) is 25.9 Å². The number of nitrogens with zero attached hydrogens (tertiary/aromatic N) is 2. The van der Waals surface area contributed by atoms with Crippen molar-refractivity contribution in [1.82, 2.24) is 4.90 Å². The minimum atomic E-state index is -1.39. The maximum absolute atomic E-state index is 12.0. The molecule has 2 rings (SSSR count). The van der Waals surface area contributed by atoms with E-state index in [1.165, 1.54) is 6.07 Å². The molecule has 0 atom stereocenters. The quantitative estimate of drug-likeness (QED) is 0.642. The fraction of sp³-hybridized carbons (Fsp3) is 0.529. The number of amides is 1. The van der Waals surface area contributed by atoms with Gasteiger partial charge in [-0.15, -0.1) is 0 Å². The number of aromatic carboxylic acids is 1. The van der Waals surface area contributed by atoms with E-state index in [4.69, 9.17) is 14.6 Å². The van der Waals surface area contributed by atoms with Crippen LogP contribution in [0.2, 0.25) is 0 Å². The Balaban J connectivity index is 1.97. The normalized spacial score (nSPS) is 15.4. The molecular formula is C17H22N2O7. The molecule has 1 heterocycles. The van der Waals surface area contributed by atoms with Gasteiger partial charge in [0.15, 0.2) is 0 Å². The second-order valence-electron chi connectivity index (χ2n) is 7.03. The summed E-state index contributed by atoms with van der Waals surface area (Å²) in [5, 5.41) is 20.0.